The SMILES string of the molecule is N#Cc1ccncc1.NC(=O)Nc1cccc(C(F)(F)F)c1. The number of pyridine rings is 1. The molecular weight excluding hydrogens is 297 g/mol. The van der Waals surface area contributed by atoms with E-state index in [-0.39, 0.29) is 5.69 Å². The minimum atomic E-state index is -4.42. The summed E-state index contributed by atoms with van der Waals surface area (Å²) >= 11 is 0. The first-order valence-electron chi connectivity index (χ1n) is 5.87. The van der Waals surface area contributed by atoms with Gasteiger partial charge in [0, 0.05) is 18.1 Å². The molecule has 1 aromatic heterocycles. The Hall–Kier alpha value is -3.08. The van der Waals surface area contributed by atoms with E-state index in [1.54, 1.807) is 24.5 Å². The number of hydrogen-bond acceptors (Lipinski definition) is 3. The topological polar surface area (TPSA) is 91.8 Å². The number of nitrogens with one attached hydrogen (secondary N) is 1. The number of benzene rings is 1. The lowest BCUT2D eigenvalue weighted by atomic mass is 10.2. The summed E-state index contributed by atoms with van der Waals surface area (Å²) in [6.07, 6.45) is -1.23. The van der Waals surface area contributed by atoms with E-state index in [9.17, 15) is 18.0 Å². The number of nitrogens with zero attached hydrogens (tertiary/aromatic N) is 2. The second-order valence-corrected chi connectivity index (χ2v) is 3.92. The highest BCUT2D eigenvalue weighted by molar-refractivity contribution is 5.87. The van der Waals surface area contributed by atoms with Gasteiger partial charge in [-0.1, -0.05) is 6.07 Å². The number of carbonyl (C=O) groups is 1. The van der Waals surface area contributed by atoms with Gasteiger partial charge >= 0.3 is 12.2 Å². The summed E-state index contributed by atoms with van der Waals surface area (Å²) in [7, 11) is 0. The summed E-state index contributed by atoms with van der Waals surface area (Å²) in [4.78, 5) is 14.1. The molecule has 0 saturated carbocycles. The fraction of sp³-hybridized carbons (Fsp3) is 0.0714. The van der Waals surface area contributed by atoms with Crippen molar-refractivity contribution in [3.05, 3.63) is 59.9 Å². The lowest BCUT2D eigenvalue weighted by molar-refractivity contribution is -0.137. The van der Waals surface area contributed by atoms with Crippen LogP contribution >= 0.6 is 0 Å². The lowest BCUT2D eigenvalue weighted by Crippen LogP contribution is -2.19. The third-order valence-electron chi connectivity index (χ3n) is 2.27. The van der Waals surface area contributed by atoms with E-state index in [1.807, 2.05) is 6.07 Å². The van der Waals surface area contributed by atoms with Crippen LogP contribution in [-0.4, -0.2) is 11.0 Å². The van der Waals surface area contributed by atoms with Gasteiger partial charge in [0.05, 0.1) is 17.2 Å². The van der Waals surface area contributed by atoms with Crippen molar-refractivity contribution in [2.75, 3.05) is 5.32 Å². The van der Waals surface area contributed by atoms with Gasteiger partial charge in [0.2, 0.25) is 0 Å². The molecular formula is C14H11F3N4O. The molecule has 0 atom stereocenters. The third kappa shape index (κ3) is 5.92. The van der Waals surface area contributed by atoms with Crippen molar-refractivity contribution in [3.63, 3.8) is 0 Å². The highest BCUT2D eigenvalue weighted by Crippen LogP contribution is 2.30. The number of nitrogens with two attached hydrogens (primary N) is 1. The Bertz CT molecular complexity index is 666. The van der Waals surface area contributed by atoms with Crippen molar-refractivity contribution in [1.82, 2.24) is 4.98 Å². The molecule has 0 unspecified atom stereocenters. The summed E-state index contributed by atoms with van der Waals surface area (Å²) in [6.45, 7) is 0. The van der Waals surface area contributed by atoms with E-state index in [0.717, 1.165) is 12.1 Å². The van der Waals surface area contributed by atoms with Gasteiger partial charge in [0.25, 0.3) is 0 Å². The predicted molar refractivity (Wildman–Crippen MR) is 73.6 cm³/mol. The van der Waals surface area contributed by atoms with Gasteiger partial charge in [-0.3, -0.25) is 4.98 Å². The number of alkyl halides is 3. The first kappa shape index (κ1) is 17.0. The van der Waals surface area contributed by atoms with Gasteiger partial charge in [0.15, 0.2) is 0 Å². The highest BCUT2D eigenvalue weighted by Gasteiger charge is 2.30. The molecule has 0 aliphatic rings. The smallest absolute Gasteiger partial charge is 0.351 e. The van der Waals surface area contributed by atoms with Crippen LogP contribution in [0.25, 0.3) is 0 Å². The molecule has 0 bridgehead atoms. The van der Waals surface area contributed by atoms with Gasteiger partial charge in [-0.2, -0.15) is 18.4 Å². The van der Waals surface area contributed by atoms with E-state index in [2.05, 4.69) is 10.3 Å². The van der Waals surface area contributed by atoms with Crippen molar-refractivity contribution in [1.29, 1.82) is 5.26 Å². The molecule has 1 heterocycles. The normalized spacial score (nSPS) is 9.91. The molecule has 1 aromatic carbocycles. The Morgan fingerprint density at radius 3 is 2.32 bits per heavy atom. The minimum absolute atomic E-state index is 0.0207. The number of amides is 2. The van der Waals surface area contributed by atoms with E-state index >= 15 is 0 Å². The Morgan fingerprint density at radius 2 is 1.86 bits per heavy atom. The lowest BCUT2D eigenvalue weighted by Gasteiger charge is -2.08. The largest absolute Gasteiger partial charge is 0.416 e. The molecule has 0 radical (unpaired) electrons. The first-order chi connectivity index (χ1) is 10.3. The van der Waals surface area contributed by atoms with E-state index in [0.29, 0.717) is 5.56 Å². The molecule has 0 saturated heterocycles. The first-order valence-corrected chi connectivity index (χ1v) is 5.87. The quantitative estimate of drug-likeness (QED) is 0.847. The predicted octanol–water partition coefficient (Wildman–Crippen LogP) is 3.15. The summed E-state index contributed by atoms with van der Waals surface area (Å²) in [5.74, 6) is 0. The van der Waals surface area contributed by atoms with Crippen molar-refractivity contribution in [3.8, 4) is 6.07 Å². The molecule has 22 heavy (non-hydrogen) atoms. The summed E-state index contributed by atoms with van der Waals surface area (Å²) in [6, 6.07) is 8.65. The minimum Gasteiger partial charge on any atom is -0.351 e. The highest BCUT2D eigenvalue weighted by atomic mass is 19.4. The summed E-state index contributed by atoms with van der Waals surface area (Å²) < 4.78 is 36.5. The third-order valence-corrected chi connectivity index (χ3v) is 2.27. The molecule has 0 fully saturated rings. The molecule has 0 aliphatic heterocycles. The molecule has 114 valence electrons. The Balaban J connectivity index is 0.000000255. The maximum absolute atomic E-state index is 12.2. The zero-order valence-electron chi connectivity index (χ0n) is 11.1. The number of nitriles is 1. The zero-order valence-corrected chi connectivity index (χ0v) is 11.1. The molecule has 2 rings (SSSR count). The van der Waals surface area contributed by atoms with E-state index in [4.69, 9.17) is 11.0 Å². The Morgan fingerprint density at radius 1 is 1.23 bits per heavy atom. The van der Waals surface area contributed by atoms with Crippen molar-refractivity contribution in [2.45, 2.75) is 6.18 Å². The average Bonchev–Trinajstić information content (AvgIpc) is 2.47. The van der Waals surface area contributed by atoms with Crippen LogP contribution in [0.4, 0.5) is 23.7 Å². The summed E-state index contributed by atoms with van der Waals surface area (Å²) in [5, 5.41) is 10.3. The van der Waals surface area contributed by atoms with E-state index in [1.165, 1.54) is 12.1 Å². The van der Waals surface area contributed by atoms with Crippen LogP contribution in [0.5, 0.6) is 0 Å². The molecule has 8 heteroatoms. The van der Waals surface area contributed by atoms with Crippen LogP contribution in [0.3, 0.4) is 0 Å². The average molecular weight is 308 g/mol. The van der Waals surface area contributed by atoms with Crippen LogP contribution in [0.1, 0.15) is 11.1 Å². The zero-order chi connectivity index (χ0) is 16.6. The fourth-order valence-corrected chi connectivity index (χ4v) is 1.34. The standard InChI is InChI=1S/C8H7F3N2O.C6H4N2/c9-8(10,11)5-2-1-3-6(4-5)13-7(12)14;7-5-6-1-3-8-4-2-6/h1-4H,(H3,12,13,14);1-4H. The van der Waals surface area contributed by atoms with Gasteiger partial charge in [0.1, 0.15) is 0 Å². The number of aromatic nitrogens is 1. The number of rotatable bonds is 1. The number of halogens is 3. The second-order valence-electron chi connectivity index (χ2n) is 3.92. The number of hydrogen-bond donors (Lipinski definition) is 2. The molecule has 2 amide bonds. The number of primary amides is 1. The summed E-state index contributed by atoms with van der Waals surface area (Å²) in [5.41, 5.74) is 4.60. The van der Waals surface area contributed by atoms with Crippen molar-refractivity contribution in [2.24, 2.45) is 5.73 Å². The van der Waals surface area contributed by atoms with Gasteiger partial charge in [-0.05, 0) is 30.3 Å². The van der Waals surface area contributed by atoms with Gasteiger partial charge in [-0.25, -0.2) is 4.79 Å². The van der Waals surface area contributed by atoms with Crippen LogP contribution in [0, 0.1) is 11.3 Å². The van der Waals surface area contributed by atoms with Crippen LogP contribution in [0.2, 0.25) is 0 Å². The fourth-order valence-electron chi connectivity index (χ4n) is 1.34. The monoisotopic (exact) mass is 308 g/mol. The Kier molecular flexibility index (Phi) is 5.89. The van der Waals surface area contributed by atoms with Crippen molar-refractivity contribution >= 4 is 11.7 Å². The van der Waals surface area contributed by atoms with Gasteiger partial charge in [-0.15, -0.1) is 0 Å². The second kappa shape index (κ2) is 7.64. The molecule has 2 aromatic rings. The molecule has 0 aliphatic carbocycles. The van der Waals surface area contributed by atoms with Crippen LogP contribution < -0.4 is 11.1 Å². The maximum Gasteiger partial charge on any atom is 0.416 e. The van der Waals surface area contributed by atoms with E-state index < -0.39 is 17.8 Å². The maximum atomic E-state index is 12.2. The molecule has 3 N–H and O–H groups in total. The number of carbonyl (C=O) groups excluding carboxylic acids is 1. The molecule has 5 nitrogen and oxygen atoms in total. The molecule has 0 spiro atoms. The number of urea groups is 1. The van der Waals surface area contributed by atoms with Crippen LogP contribution in [-0.2, 0) is 6.18 Å². The van der Waals surface area contributed by atoms with Crippen LogP contribution in [0.15, 0.2) is 48.8 Å². The Labute approximate surface area is 124 Å². The number of anilines is 1. The van der Waals surface area contributed by atoms with Crippen molar-refractivity contribution < 1.29 is 18.0 Å². The van der Waals surface area contributed by atoms with Gasteiger partial charge < -0.3 is 11.1 Å².